The van der Waals surface area contributed by atoms with Crippen LogP contribution in [0.4, 0.5) is 0 Å². The Bertz CT molecular complexity index is 879. The maximum atomic E-state index is 13.4. The summed E-state index contributed by atoms with van der Waals surface area (Å²) in [6.45, 7) is 2.23. The van der Waals surface area contributed by atoms with Crippen LogP contribution in [0.2, 0.25) is 0 Å². The Morgan fingerprint density at radius 2 is 1.81 bits per heavy atom. The summed E-state index contributed by atoms with van der Waals surface area (Å²) >= 11 is 0. The number of carbonyl (C=O) groups is 3. The van der Waals surface area contributed by atoms with E-state index in [1.165, 1.54) is 0 Å². The fourth-order valence-electron chi connectivity index (χ4n) is 5.40. The Morgan fingerprint density at radius 3 is 2.50 bits per heavy atom. The second kappa shape index (κ2) is 8.73. The molecule has 3 fully saturated rings. The van der Waals surface area contributed by atoms with Crippen LogP contribution < -0.4 is 5.32 Å². The van der Waals surface area contributed by atoms with Crippen molar-refractivity contribution in [2.75, 3.05) is 40.8 Å². The zero-order valence-electron chi connectivity index (χ0n) is 19.3. The van der Waals surface area contributed by atoms with Crippen LogP contribution in [0, 0.1) is 5.92 Å². The molecule has 3 saturated heterocycles. The molecule has 4 rings (SSSR count). The molecule has 0 saturated carbocycles. The summed E-state index contributed by atoms with van der Waals surface area (Å²) in [5, 5.41) is 12.8. The molecule has 3 aliphatic heterocycles. The molecular weight excluding hydrogens is 408 g/mol. The molecule has 1 aromatic carbocycles. The predicted octanol–water partition coefficient (Wildman–Crippen LogP) is 1.26. The Morgan fingerprint density at radius 1 is 1.09 bits per heavy atom. The number of amides is 3. The van der Waals surface area contributed by atoms with Crippen LogP contribution in [0.1, 0.15) is 43.7 Å². The Balaban J connectivity index is 1.53. The lowest BCUT2D eigenvalue weighted by Crippen LogP contribution is -2.60. The second-order valence-corrected chi connectivity index (χ2v) is 10.3. The second-order valence-electron chi connectivity index (χ2n) is 10.3. The highest BCUT2D eigenvalue weighted by Gasteiger charge is 2.57. The normalized spacial score (nSPS) is 27.5. The van der Waals surface area contributed by atoms with Gasteiger partial charge in [-0.05, 0) is 49.8 Å². The number of benzene rings is 1. The summed E-state index contributed by atoms with van der Waals surface area (Å²) in [6, 6.07) is 5.15. The summed E-state index contributed by atoms with van der Waals surface area (Å²) in [5.74, 6) is -0.554. The predicted molar refractivity (Wildman–Crippen MR) is 119 cm³/mol. The van der Waals surface area contributed by atoms with Crippen molar-refractivity contribution in [3.63, 3.8) is 0 Å². The van der Waals surface area contributed by atoms with E-state index in [4.69, 9.17) is 0 Å². The highest BCUT2D eigenvalue weighted by molar-refractivity contribution is 5.99. The number of piperazine rings is 1. The van der Waals surface area contributed by atoms with Crippen molar-refractivity contribution < 1.29 is 24.0 Å². The van der Waals surface area contributed by atoms with Gasteiger partial charge in [-0.2, -0.15) is 0 Å². The highest BCUT2D eigenvalue weighted by atomic mass is 16.3. The third-order valence-corrected chi connectivity index (χ3v) is 6.98. The van der Waals surface area contributed by atoms with Gasteiger partial charge >= 0.3 is 0 Å². The molecule has 1 aromatic rings. The number of carbonyl (C=O) groups excluding carboxylic acids is 3. The van der Waals surface area contributed by atoms with Gasteiger partial charge in [0.1, 0.15) is 17.8 Å². The Labute approximate surface area is 189 Å². The van der Waals surface area contributed by atoms with E-state index in [0.717, 1.165) is 35.9 Å². The van der Waals surface area contributed by atoms with Gasteiger partial charge in [0.2, 0.25) is 17.7 Å². The summed E-state index contributed by atoms with van der Waals surface area (Å²) < 4.78 is 0.887. The molecular formula is C24H35N4O4+. The van der Waals surface area contributed by atoms with Gasteiger partial charge in [-0.25, -0.2) is 0 Å². The Kier molecular flexibility index (Phi) is 6.16. The fraction of sp³-hybridized carbons (Fsp3) is 0.625. The summed E-state index contributed by atoms with van der Waals surface area (Å²) in [4.78, 5) is 43.2. The molecule has 4 atom stereocenters. The minimum absolute atomic E-state index is 0.0332. The number of phenols is 1. The largest absolute Gasteiger partial charge is 0.508 e. The molecule has 8 nitrogen and oxygen atoms in total. The molecule has 3 heterocycles. The van der Waals surface area contributed by atoms with Crippen LogP contribution in [-0.2, 0) is 14.4 Å². The van der Waals surface area contributed by atoms with Gasteiger partial charge < -0.3 is 24.7 Å². The van der Waals surface area contributed by atoms with Gasteiger partial charge in [0.15, 0.2) is 0 Å². The van der Waals surface area contributed by atoms with E-state index in [0.29, 0.717) is 25.9 Å². The molecule has 3 amide bonds. The first kappa shape index (κ1) is 22.6. The van der Waals surface area contributed by atoms with Crippen molar-refractivity contribution in [3.8, 4) is 5.75 Å². The van der Waals surface area contributed by atoms with E-state index in [1.54, 1.807) is 34.1 Å². The van der Waals surface area contributed by atoms with Gasteiger partial charge in [-0.1, -0.05) is 12.1 Å². The van der Waals surface area contributed by atoms with Crippen LogP contribution in [-0.4, -0.2) is 90.0 Å². The minimum atomic E-state index is -0.593. The molecule has 0 radical (unpaired) electrons. The summed E-state index contributed by atoms with van der Waals surface area (Å²) in [6.07, 6.45) is 3.75. The van der Waals surface area contributed by atoms with Crippen LogP contribution >= 0.6 is 0 Å². The molecule has 0 bridgehead atoms. The van der Waals surface area contributed by atoms with E-state index >= 15 is 0 Å². The number of rotatable bonds is 7. The highest BCUT2D eigenvalue weighted by Crippen LogP contribution is 2.46. The first-order valence-corrected chi connectivity index (χ1v) is 11.7. The molecule has 0 unspecified atom stereocenters. The smallest absolute Gasteiger partial charge is 0.246 e. The van der Waals surface area contributed by atoms with E-state index in [2.05, 4.69) is 26.5 Å². The SMILES string of the molecule is C[N+](C)(C)CCCCNC(=O)[C@H]1C[C@H]2C(=O)N3CCC[C@H]3C(=O)N2[C@H]1c1ccc(O)cc1. The number of nitrogens with zero attached hydrogens (tertiary/aromatic N) is 3. The van der Waals surface area contributed by atoms with E-state index < -0.39 is 24.0 Å². The number of phenolic OH excluding ortho intramolecular Hbond substituents is 1. The third kappa shape index (κ3) is 4.33. The number of fused-ring (bicyclic) bond motifs is 2. The number of aromatic hydroxyl groups is 1. The number of nitrogens with one attached hydrogen (secondary N) is 1. The van der Waals surface area contributed by atoms with Crippen LogP contribution in [0.5, 0.6) is 5.75 Å². The topological polar surface area (TPSA) is 90.0 Å². The van der Waals surface area contributed by atoms with Crippen LogP contribution in [0.25, 0.3) is 0 Å². The van der Waals surface area contributed by atoms with E-state index in [1.807, 2.05) is 0 Å². The standard InChI is InChI=1S/C24H34N4O4/c1-28(2,3)14-5-4-12-25-22(30)18-15-20-23(31)26-13-6-7-19(26)24(32)27(20)21(18)16-8-10-17(29)11-9-16/h8-11,18-21H,4-7,12-15H2,1-3H3,(H-,25,29,30)/p+1/t18-,19-,20-,21-/m0/s1. The van der Waals surface area contributed by atoms with Crippen molar-refractivity contribution in [3.05, 3.63) is 29.8 Å². The maximum Gasteiger partial charge on any atom is 0.246 e. The monoisotopic (exact) mass is 443 g/mol. The first-order valence-electron chi connectivity index (χ1n) is 11.7. The first-order chi connectivity index (χ1) is 15.2. The van der Waals surface area contributed by atoms with Crippen molar-refractivity contribution >= 4 is 17.7 Å². The van der Waals surface area contributed by atoms with Gasteiger partial charge in [-0.15, -0.1) is 0 Å². The van der Waals surface area contributed by atoms with Gasteiger partial charge in [0.25, 0.3) is 0 Å². The number of quaternary nitrogens is 1. The molecule has 0 spiro atoms. The van der Waals surface area contributed by atoms with Crippen molar-refractivity contribution in [2.24, 2.45) is 5.92 Å². The Hall–Kier alpha value is -2.61. The fourth-order valence-corrected chi connectivity index (χ4v) is 5.40. The summed E-state index contributed by atoms with van der Waals surface area (Å²) in [7, 11) is 6.44. The quantitative estimate of drug-likeness (QED) is 0.490. The zero-order chi connectivity index (χ0) is 23.0. The third-order valence-electron chi connectivity index (χ3n) is 6.98. The van der Waals surface area contributed by atoms with Crippen LogP contribution in [0.15, 0.2) is 24.3 Å². The molecule has 2 N–H and O–H groups in total. The average molecular weight is 444 g/mol. The van der Waals surface area contributed by atoms with Crippen LogP contribution in [0.3, 0.4) is 0 Å². The maximum absolute atomic E-state index is 13.4. The molecule has 32 heavy (non-hydrogen) atoms. The molecule has 0 aliphatic carbocycles. The lowest BCUT2D eigenvalue weighted by atomic mass is 9.92. The van der Waals surface area contributed by atoms with E-state index in [9.17, 15) is 19.5 Å². The van der Waals surface area contributed by atoms with Gasteiger partial charge in [-0.3, -0.25) is 14.4 Å². The van der Waals surface area contributed by atoms with Crippen molar-refractivity contribution in [2.45, 2.75) is 50.2 Å². The van der Waals surface area contributed by atoms with Crippen molar-refractivity contribution in [1.82, 2.24) is 15.1 Å². The number of unbranched alkanes of at least 4 members (excludes halogenated alkanes) is 1. The molecule has 8 heteroatoms. The van der Waals surface area contributed by atoms with Gasteiger partial charge in [0, 0.05) is 13.1 Å². The average Bonchev–Trinajstić information content (AvgIpc) is 3.37. The van der Waals surface area contributed by atoms with Gasteiger partial charge in [0.05, 0.1) is 39.6 Å². The van der Waals surface area contributed by atoms with Crippen molar-refractivity contribution in [1.29, 1.82) is 0 Å². The zero-order valence-corrected chi connectivity index (χ0v) is 19.3. The number of hydrogen-bond acceptors (Lipinski definition) is 4. The lowest BCUT2D eigenvalue weighted by Gasteiger charge is -2.41. The van der Waals surface area contributed by atoms with E-state index in [-0.39, 0.29) is 23.5 Å². The molecule has 174 valence electrons. The molecule has 3 aliphatic rings. The summed E-state index contributed by atoms with van der Waals surface area (Å²) in [5.41, 5.74) is 0.781. The molecule has 0 aromatic heterocycles. The minimum Gasteiger partial charge on any atom is -0.508 e. The lowest BCUT2D eigenvalue weighted by molar-refractivity contribution is -0.870. The number of hydrogen-bond donors (Lipinski definition) is 2.